The number of hydrogen-bond acceptors (Lipinski definition) is 3. The van der Waals surface area contributed by atoms with Gasteiger partial charge in [0.15, 0.2) is 0 Å². The zero-order valence-electron chi connectivity index (χ0n) is 10.4. The van der Waals surface area contributed by atoms with Crippen LogP contribution in [-0.2, 0) is 14.8 Å². The number of halogens is 1. The summed E-state index contributed by atoms with van der Waals surface area (Å²) in [6.45, 7) is 3.36. The molecule has 1 heterocycles. The number of amides is 1. The first-order chi connectivity index (χ1) is 7.61. The minimum absolute atomic E-state index is 0.0277. The van der Waals surface area contributed by atoms with Gasteiger partial charge in [0.2, 0.25) is 15.9 Å². The number of sulfonamides is 1. The quantitative estimate of drug-likeness (QED) is 0.593. The zero-order chi connectivity index (χ0) is 13.3. The molecule has 0 bridgehead atoms. The lowest BCUT2D eigenvalue weighted by Gasteiger charge is -2.22. The average Bonchev–Trinajstić information content (AvgIpc) is 2.60. The van der Waals surface area contributed by atoms with Gasteiger partial charge in [-0.15, -0.1) is 0 Å². The molecule has 1 saturated heterocycles. The topological polar surface area (TPSA) is 66.5 Å². The summed E-state index contributed by atoms with van der Waals surface area (Å²) in [6.07, 6.45) is 2.29. The molecule has 1 rings (SSSR count). The molecule has 0 spiro atoms. The molecule has 0 saturated carbocycles. The van der Waals surface area contributed by atoms with Crippen LogP contribution in [0.15, 0.2) is 0 Å². The fourth-order valence-corrected chi connectivity index (χ4v) is 3.53. The summed E-state index contributed by atoms with van der Waals surface area (Å²) in [5.41, 5.74) is 0. The normalized spacial score (nSPS) is 22.7. The minimum atomic E-state index is -3.36. The van der Waals surface area contributed by atoms with E-state index in [4.69, 9.17) is 0 Å². The van der Waals surface area contributed by atoms with Crippen molar-refractivity contribution in [2.75, 3.05) is 19.0 Å². The molecular weight excluding hydrogens is 263 g/mol. The Balaban J connectivity index is 2.63. The van der Waals surface area contributed by atoms with Gasteiger partial charge in [0, 0.05) is 12.7 Å². The molecule has 5 nitrogen and oxygen atoms in total. The van der Waals surface area contributed by atoms with Crippen LogP contribution in [0.25, 0.3) is 0 Å². The maximum Gasteiger partial charge on any atom is 0.259 e. The first-order valence-corrected chi connectivity index (χ1v) is 10.5. The van der Waals surface area contributed by atoms with Gasteiger partial charge >= 0.3 is 0 Å². The molecule has 1 aliphatic heterocycles. The highest BCUT2D eigenvalue weighted by molar-refractivity contribution is 7.88. The van der Waals surface area contributed by atoms with Crippen molar-refractivity contribution in [3.8, 4) is 0 Å². The van der Waals surface area contributed by atoms with Crippen LogP contribution in [0.5, 0.6) is 0 Å². The molecule has 0 unspecified atom stereocenters. The van der Waals surface area contributed by atoms with Gasteiger partial charge in [0.05, 0.1) is 6.26 Å². The van der Waals surface area contributed by atoms with Crippen molar-refractivity contribution in [1.29, 1.82) is 0 Å². The minimum Gasteiger partial charge on any atom is -0.355 e. The second kappa shape index (κ2) is 5.03. The Morgan fingerprint density at radius 2 is 2.12 bits per heavy atom. The molecule has 0 aliphatic carbocycles. The van der Waals surface area contributed by atoms with Crippen molar-refractivity contribution < 1.29 is 17.3 Å². The van der Waals surface area contributed by atoms with Crippen LogP contribution in [0.1, 0.15) is 12.8 Å². The highest BCUT2D eigenvalue weighted by Crippen LogP contribution is 2.20. The Kier molecular flexibility index (Phi) is 4.31. The molecular formula is C9H19FN2O3SSi. The van der Waals surface area contributed by atoms with Crippen LogP contribution in [0, 0.1) is 0 Å². The summed E-state index contributed by atoms with van der Waals surface area (Å²) < 4.78 is 37.4. The third-order valence-electron chi connectivity index (χ3n) is 2.62. The summed E-state index contributed by atoms with van der Waals surface area (Å²) in [4.78, 5) is 11.8. The van der Waals surface area contributed by atoms with Crippen LogP contribution >= 0.6 is 0 Å². The van der Waals surface area contributed by atoms with Crippen LogP contribution in [-0.4, -0.2) is 52.0 Å². The van der Waals surface area contributed by atoms with E-state index in [2.05, 4.69) is 5.32 Å². The third kappa shape index (κ3) is 4.36. The lowest BCUT2D eigenvalue weighted by molar-refractivity contribution is -0.123. The lowest BCUT2D eigenvalue weighted by Crippen LogP contribution is -2.49. The van der Waals surface area contributed by atoms with Crippen molar-refractivity contribution in [3.05, 3.63) is 0 Å². The van der Waals surface area contributed by atoms with Crippen LogP contribution in [0.3, 0.4) is 0 Å². The summed E-state index contributed by atoms with van der Waals surface area (Å²) in [7, 11) is -6.20. The van der Waals surface area contributed by atoms with Crippen molar-refractivity contribution in [1.82, 2.24) is 9.62 Å². The highest BCUT2D eigenvalue weighted by atomic mass is 32.2. The molecule has 8 heteroatoms. The largest absolute Gasteiger partial charge is 0.355 e. The van der Waals surface area contributed by atoms with Crippen molar-refractivity contribution in [3.63, 3.8) is 0 Å². The summed E-state index contributed by atoms with van der Waals surface area (Å²) in [5.74, 6) is -0.383. The Hall–Kier alpha value is -0.473. The lowest BCUT2D eigenvalue weighted by atomic mass is 10.2. The maximum absolute atomic E-state index is 13.4. The fraction of sp³-hybridized carbons (Fsp3) is 0.889. The molecule has 17 heavy (non-hydrogen) atoms. The smallest absolute Gasteiger partial charge is 0.259 e. The van der Waals surface area contributed by atoms with E-state index < -0.39 is 24.5 Å². The fourth-order valence-electron chi connectivity index (χ4n) is 1.81. The van der Waals surface area contributed by atoms with Gasteiger partial charge in [0.1, 0.15) is 6.04 Å². The maximum atomic E-state index is 13.4. The van der Waals surface area contributed by atoms with E-state index in [9.17, 15) is 17.3 Å². The van der Waals surface area contributed by atoms with Crippen LogP contribution in [0.2, 0.25) is 13.1 Å². The van der Waals surface area contributed by atoms with Crippen molar-refractivity contribution in [2.24, 2.45) is 0 Å². The van der Waals surface area contributed by atoms with Gasteiger partial charge in [-0.25, -0.2) is 8.42 Å². The van der Waals surface area contributed by atoms with E-state index in [0.717, 1.165) is 6.26 Å². The molecule has 0 radical (unpaired) electrons. The summed E-state index contributed by atoms with van der Waals surface area (Å²) >= 11 is 0. The molecule has 1 fully saturated rings. The van der Waals surface area contributed by atoms with Gasteiger partial charge in [-0.2, -0.15) is 4.31 Å². The van der Waals surface area contributed by atoms with E-state index in [-0.39, 0.29) is 12.1 Å². The molecule has 1 amide bonds. The third-order valence-corrected chi connectivity index (χ3v) is 4.92. The van der Waals surface area contributed by atoms with Crippen LogP contribution < -0.4 is 5.32 Å². The van der Waals surface area contributed by atoms with E-state index in [0.29, 0.717) is 19.4 Å². The molecule has 0 aromatic heterocycles. The van der Waals surface area contributed by atoms with Gasteiger partial charge in [-0.1, -0.05) is 0 Å². The number of hydrogen-bond donors (Lipinski definition) is 1. The Labute approximate surface area is 103 Å². The predicted molar refractivity (Wildman–Crippen MR) is 66.2 cm³/mol. The SMILES string of the molecule is C[Si](C)(F)CNC(=O)[C@@H]1CCCN1S(C)(=O)=O. The second-order valence-corrected chi connectivity index (χ2v) is 10.7. The molecule has 1 N–H and O–H groups in total. The number of rotatable bonds is 4. The van der Waals surface area contributed by atoms with Crippen molar-refractivity contribution >= 4 is 24.3 Å². The number of nitrogens with one attached hydrogen (secondary N) is 1. The summed E-state index contributed by atoms with van der Waals surface area (Å²) in [6, 6.07) is -0.665. The Bertz CT molecular complexity index is 394. The first-order valence-electron chi connectivity index (χ1n) is 5.55. The highest BCUT2D eigenvalue weighted by Gasteiger charge is 2.37. The number of carbonyl (C=O) groups is 1. The van der Waals surface area contributed by atoms with Gasteiger partial charge in [0.25, 0.3) is 8.41 Å². The van der Waals surface area contributed by atoms with Crippen LogP contribution in [0.4, 0.5) is 4.11 Å². The molecule has 1 atom stereocenters. The first kappa shape index (κ1) is 14.6. The predicted octanol–water partition coefficient (Wildman–Crippen LogP) is 0.240. The standard InChI is InChI=1S/C9H19FN2O3SSi/c1-16(14,15)12-6-4-5-8(12)9(13)11-7-17(2,3)10/h8H,4-7H2,1-3H3,(H,11,13)/t8-/m0/s1. The summed E-state index contributed by atoms with van der Waals surface area (Å²) in [5, 5.41) is 2.51. The van der Waals surface area contributed by atoms with Crippen molar-refractivity contribution in [2.45, 2.75) is 32.0 Å². The monoisotopic (exact) mass is 282 g/mol. The zero-order valence-corrected chi connectivity index (χ0v) is 12.2. The van der Waals surface area contributed by atoms with E-state index in [1.165, 1.54) is 17.4 Å². The molecule has 1 aliphatic rings. The molecule has 100 valence electrons. The van der Waals surface area contributed by atoms with Gasteiger partial charge in [-0.05, 0) is 25.9 Å². The Morgan fingerprint density at radius 1 is 1.53 bits per heavy atom. The second-order valence-electron chi connectivity index (χ2n) is 4.97. The molecule has 0 aromatic rings. The number of nitrogens with zero attached hydrogens (tertiary/aromatic N) is 1. The average molecular weight is 282 g/mol. The Morgan fingerprint density at radius 3 is 2.59 bits per heavy atom. The number of carbonyl (C=O) groups excluding carboxylic acids is 1. The van der Waals surface area contributed by atoms with E-state index >= 15 is 0 Å². The van der Waals surface area contributed by atoms with Gasteiger partial charge < -0.3 is 9.42 Å². The molecule has 0 aromatic carbocycles. The van der Waals surface area contributed by atoms with Gasteiger partial charge in [-0.3, -0.25) is 4.79 Å². The van der Waals surface area contributed by atoms with E-state index in [1.807, 2.05) is 0 Å². The van der Waals surface area contributed by atoms with E-state index in [1.54, 1.807) is 0 Å².